The molecule has 0 aromatic heterocycles. The van der Waals surface area contributed by atoms with Crippen LogP contribution in [0.25, 0.3) is 0 Å². The Morgan fingerprint density at radius 3 is 2.65 bits per heavy atom. The van der Waals surface area contributed by atoms with E-state index in [0.717, 1.165) is 28.8 Å². The van der Waals surface area contributed by atoms with Crippen molar-refractivity contribution in [2.45, 2.75) is 26.5 Å². The van der Waals surface area contributed by atoms with Gasteiger partial charge in [-0.05, 0) is 25.5 Å². The number of allylic oxidation sites excluding steroid dienone is 4. The SMILES string of the molecule is CC1=C(C)N2NC(OCCC[N+](C)(C)C)C(N)=C2C=C1. The van der Waals surface area contributed by atoms with Gasteiger partial charge in [-0.15, -0.1) is 0 Å². The lowest BCUT2D eigenvalue weighted by Crippen LogP contribution is -2.40. The minimum Gasteiger partial charge on any atom is -0.397 e. The van der Waals surface area contributed by atoms with Crippen molar-refractivity contribution in [3.05, 3.63) is 34.8 Å². The maximum absolute atomic E-state index is 6.18. The summed E-state index contributed by atoms with van der Waals surface area (Å²) in [5.41, 5.74) is 13.7. The summed E-state index contributed by atoms with van der Waals surface area (Å²) in [7, 11) is 6.56. The second kappa shape index (κ2) is 5.60. The molecule has 112 valence electrons. The molecule has 1 unspecified atom stereocenters. The minimum absolute atomic E-state index is 0.219. The fourth-order valence-electron chi connectivity index (χ4n) is 2.34. The predicted octanol–water partition coefficient (Wildman–Crippen LogP) is 1.28. The number of nitrogens with zero attached hydrogens (tertiary/aromatic N) is 2. The molecule has 2 heterocycles. The van der Waals surface area contributed by atoms with Gasteiger partial charge in [0.25, 0.3) is 0 Å². The molecule has 0 spiro atoms. The third kappa shape index (κ3) is 3.23. The van der Waals surface area contributed by atoms with Gasteiger partial charge < -0.3 is 15.0 Å². The maximum atomic E-state index is 6.18. The lowest BCUT2D eigenvalue weighted by Gasteiger charge is -2.27. The Balaban J connectivity index is 1.91. The molecule has 2 aliphatic rings. The van der Waals surface area contributed by atoms with Crippen molar-refractivity contribution in [1.82, 2.24) is 10.4 Å². The summed E-state index contributed by atoms with van der Waals surface area (Å²) in [5, 5.41) is 2.02. The summed E-state index contributed by atoms with van der Waals surface area (Å²) >= 11 is 0. The summed E-state index contributed by atoms with van der Waals surface area (Å²) in [6.45, 7) is 5.97. The van der Waals surface area contributed by atoms with E-state index in [4.69, 9.17) is 10.5 Å². The van der Waals surface area contributed by atoms with E-state index in [2.05, 4.69) is 46.5 Å². The lowest BCUT2D eigenvalue weighted by molar-refractivity contribution is -0.870. The minimum atomic E-state index is -0.219. The van der Waals surface area contributed by atoms with E-state index < -0.39 is 0 Å². The van der Waals surface area contributed by atoms with Crippen molar-refractivity contribution in [2.24, 2.45) is 5.73 Å². The van der Waals surface area contributed by atoms with Gasteiger partial charge in [-0.1, -0.05) is 6.08 Å². The van der Waals surface area contributed by atoms with Crippen molar-refractivity contribution in [2.75, 3.05) is 34.3 Å². The summed E-state index contributed by atoms with van der Waals surface area (Å²) in [5.74, 6) is 0. The lowest BCUT2D eigenvalue weighted by atomic mass is 10.1. The van der Waals surface area contributed by atoms with Gasteiger partial charge in [0.1, 0.15) is 0 Å². The summed E-state index contributed by atoms with van der Waals surface area (Å²) in [4.78, 5) is 0. The third-order valence-electron chi connectivity index (χ3n) is 3.72. The van der Waals surface area contributed by atoms with E-state index in [9.17, 15) is 0 Å². The maximum Gasteiger partial charge on any atom is 0.167 e. The first kappa shape index (κ1) is 15.1. The van der Waals surface area contributed by atoms with Crippen molar-refractivity contribution in [3.63, 3.8) is 0 Å². The Kier molecular flexibility index (Phi) is 4.22. The van der Waals surface area contributed by atoms with Crippen LogP contribution in [0.4, 0.5) is 0 Å². The summed E-state index contributed by atoms with van der Waals surface area (Å²) in [6, 6.07) is 0. The highest BCUT2D eigenvalue weighted by Gasteiger charge is 2.31. The van der Waals surface area contributed by atoms with E-state index in [1.807, 2.05) is 11.1 Å². The monoisotopic (exact) mass is 279 g/mol. The van der Waals surface area contributed by atoms with Crippen LogP contribution in [0.2, 0.25) is 0 Å². The highest BCUT2D eigenvalue weighted by atomic mass is 16.5. The number of quaternary nitrogens is 1. The standard InChI is InChI=1S/C15H27N4O/c1-11-7-8-13-14(16)15(17-18(13)12(11)2)20-10-6-9-19(3,4)5/h7-8,15,17H,6,9-10,16H2,1-5H3/q+1. The predicted molar refractivity (Wildman–Crippen MR) is 81.0 cm³/mol. The number of fused-ring (bicyclic) bond motifs is 1. The largest absolute Gasteiger partial charge is 0.397 e. The van der Waals surface area contributed by atoms with Crippen LogP contribution in [0.3, 0.4) is 0 Å². The zero-order valence-electron chi connectivity index (χ0n) is 13.2. The Labute approximate surface area is 121 Å². The summed E-state index contributed by atoms with van der Waals surface area (Å²) in [6.07, 6.45) is 4.94. The van der Waals surface area contributed by atoms with Crippen LogP contribution < -0.4 is 11.2 Å². The molecule has 0 aromatic rings. The molecule has 1 atom stereocenters. The van der Waals surface area contributed by atoms with Crippen LogP contribution in [0.5, 0.6) is 0 Å². The van der Waals surface area contributed by atoms with Gasteiger partial charge in [0.15, 0.2) is 6.23 Å². The van der Waals surface area contributed by atoms with Gasteiger partial charge in [0, 0.05) is 12.1 Å². The van der Waals surface area contributed by atoms with Crippen molar-refractivity contribution >= 4 is 0 Å². The molecule has 0 amide bonds. The molecule has 0 fully saturated rings. The normalized spacial score (nSPS) is 22.9. The Hall–Kier alpha value is -1.30. The molecule has 20 heavy (non-hydrogen) atoms. The van der Waals surface area contributed by atoms with Gasteiger partial charge in [-0.25, -0.2) is 0 Å². The van der Waals surface area contributed by atoms with Crippen LogP contribution in [-0.4, -0.2) is 50.0 Å². The van der Waals surface area contributed by atoms with Crippen LogP contribution in [-0.2, 0) is 4.74 Å². The van der Waals surface area contributed by atoms with E-state index >= 15 is 0 Å². The number of hydrogen-bond donors (Lipinski definition) is 2. The number of nitrogens with one attached hydrogen (secondary N) is 1. The second-order valence-corrected chi connectivity index (χ2v) is 6.53. The van der Waals surface area contributed by atoms with Crippen LogP contribution in [0.15, 0.2) is 34.8 Å². The van der Waals surface area contributed by atoms with Crippen LogP contribution >= 0.6 is 0 Å². The zero-order valence-corrected chi connectivity index (χ0v) is 13.2. The highest BCUT2D eigenvalue weighted by Crippen LogP contribution is 2.28. The molecular weight excluding hydrogens is 252 g/mol. The topological polar surface area (TPSA) is 50.5 Å². The van der Waals surface area contributed by atoms with Gasteiger partial charge in [0.05, 0.1) is 45.7 Å². The first-order valence-corrected chi connectivity index (χ1v) is 7.13. The number of nitrogens with two attached hydrogens (primary N) is 1. The van der Waals surface area contributed by atoms with E-state index in [1.54, 1.807) is 0 Å². The number of ether oxygens (including phenoxy) is 1. The molecule has 0 radical (unpaired) electrons. The highest BCUT2D eigenvalue weighted by molar-refractivity contribution is 5.41. The van der Waals surface area contributed by atoms with Crippen molar-refractivity contribution < 1.29 is 9.22 Å². The van der Waals surface area contributed by atoms with Gasteiger partial charge in [-0.2, -0.15) is 5.43 Å². The number of hydrazine groups is 1. The molecule has 2 rings (SSSR count). The zero-order chi connectivity index (χ0) is 14.9. The fraction of sp³-hybridized carbons (Fsp3) is 0.600. The Morgan fingerprint density at radius 2 is 2.00 bits per heavy atom. The average Bonchev–Trinajstić information content (AvgIpc) is 2.67. The molecule has 0 saturated carbocycles. The molecule has 0 saturated heterocycles. The van der Waals surface area contributed by atoms with Crippen LogP contribution in [0.1, 0.15) is 20.3 Å². The van der Waals surface area contributed by atoms with Crippen molar-refractivity contribution in [1.29, 1.82) is 0 Å². The molecule has 0 aliphatic carbocycles. The second-order valence-electron chi connectivity index (χ2n) is 6.53. The van der Waals surface area contributed by atoms with Gasteiger partial charge >= 0.3 is 0 Å². The Bertz CT molecular complexity index is 471. The average molecular weight is 279 g/mol. The number of rotatable bonds is 5. The van der Waals surface area contributed by atoms with Crippen LogP contribution in [0, 0.1) is 0 Å². The molecule has 3 N–H and O–H groups in total. The third-order valence-corrected chi connectivity index (χ3v) is 3.72. The number of hydrogen-bond acceptors (Lipinski definition) is 4. The Morgan fingerprint density at radius 1 is 1.30 bits per heavy atom. The fourth-order valence-corrected chi connectivity index (χ4v) is 2.34. The molecular formula is C15H27N4O+. The smallest absolute Gasteiger partial charge is 0.167 e. The molecule has 2 aliphatic heterocycles. The van der Waals surface area contributed by atoms with Crippen molar-refractivity contribution in [3.8, 4) is 0 Å². The first-order valence-electron chi connectivity index (χ1n) is 7.13. The van der Waals surface area contributed by atoms with E-state index in [1.165, 1.54) is 11.3 Å². The summed E-state index contributed by atoms with van der Waals surface area (Å²) < 4.78 is 6.84. The first-order chi connectivity index (χ1) is 9.29. The molecule has 5 heteroatoms. The quantitative estimate of drug-likeness (QED) is 0.588. The van der Waals surface area contributed by atoms with E-state index in [-0.39, 0.29) is 6.23 Å². The van der Waals surface area contributed by atoms with E-state index in [0.29, 0.717) is 6.61 Å². The van der Waals surface area contributed by atoms with Gasteiger partial charge in [0.2, 0.25) is 0 Å². The molecule has 5 nitrogen and oxygen atoms in total. The van der Waals surface area contributed by atoms with Gasteiger partial charge in [-0.3, -0.25) is 5.01 Å². The molecule has 0 aromatic carbocycles. The molecule has 0 bridgehead atoms.